The quantitative estimate of drug-likeness (QED) is 0.402. The van der Waals surface area contributed by atoms with Crippen LogP contribution in [0.5, 0.6) is 0 Å². The van der Waals surface area contributed by atoms with E-state index in [0.717, 1.165) is 33.2 Å². The number of hydrogen-bond donors (Lipinski definition) is 1. The molecule has 0 saturated heterocycles. The third kappa shape index (κ3) is 2.82. The number of H-pyrrole nitrogens is 1. The average molecular weight is 432 g/mol. The molecule has 5 rings (SSSR count). The van der Waals surface area contributed by atoms with Gasteiger partial charge < -0.3 is 9.40 Å². The summed E-state index contributed by atoms with van der Waals surface area (Å²) in [4.78, 5) is 24.0. The maximum atomic E-state index is 12.0. The Morgan fingerprint density at radius 1 is 1.04 bits per heavy atom. The summed E-state index contributed by atoms with van der Waals surface area (Å²) in [6.07, 6.45) is 1.78. The van der Waals surface area contributed by atoms with Crippen molar-refractivity contribution in [3.8, 4) is 22.6 Å². The molecule has 0 spiro atoms. The molecule has 0 saturated carbocycles. The molecule has 4 heterocycles. The Labute approximate surface area is 168 Å². The first-order valence-electron chi connectivity index (χ1n) is 8.74. The van der Waals surface area contributed by atoms with Gasteiger partial charge in [-0.25, -0.2) is 4.98 Å². The van der Waals surface area contributed by atoms with E-state index in [9.17, 15) is 4.79 Å². The number of halogens is 1. The molecule has 0 bridgehead atoms. The molecular weight excluding hydrogens is 418 g/mol. The van der Waals surface area contributed by atoms with Gasteiger partial charge in [-0.05, 0) is 70.9 Å². The number of aromatic amines is 1. The van der Waals surface area contributed by atoms with Crippen LogP contribution in [0.1, 0.15) is 5.76 Å². The molecule has 0 amide bonds. The molecule has 5 nitrogen and oxygen atoms in total. The van der Waals surface area contributed by atoms with E-state index >= 15 is 0 Å². The van der Waals surface area contributed by atoms with Crippen LogP contribution in [0, 0.1) is 6.92 Å². The number of nitrogens with zero attached hydrogens (tertiary/aromatic N) is 2. The fraction of sp³-hybridized carbons (Fsp3) is 0.0455. The second-order valence-electron chi connectivity index (χ2n) is 6.59. The van der Waals surface area contributed by atoms with E-state index < -0.39 is 0 Å². The van der Waals surface area contributed by atoms with Crippen LogP contribution in [0.2, 0.25) is 0 Å². The molecule has 1 aromatic carbocycles. The Morgan fingerprint density at radius 3 is 2.75 bits per heavy atom. The second kappa shape index (κ2) is 6.42. The van der Waals surface area contributed by atoms with Crippen molar-refractivity contribution in [2.45, 2.75) is 6.92 Å². The van der Waals surface area contributed by atoms with E-state index in [1.807, 2.05) is 49.4 Å². The van der Waals surface area contributed by atoms with Gasteiger partial charge in [-0.1, -0.05) is 12.1 Å². The van der Waals surface area contributed by atoms with Crippen LogP contribution in [0.3, 0.4) is 0 Å². The van der Waals surface area contributed by atoms with Crippen LogP contribution in [-0.4, -0.2) is 15.0 Å². The average Bonchev–Trinajstić information content (AvgIpc) is 3.14. The Morgan fingerprint density at radius 2 is 1.93 bits per heavy atom. The lowest BCUT2D eigenvalue weighted by molar-refractivity contribution is 0.547. The molecule has 4 aromatic heterocycles. The van der Waals surface area contributed by atoms with Gasteiger partial charge in [0.15, 0.2) is 5.76 Å². The Hall–Kier alpha value is -3.25. The van der Waals surface area contributed by atoms with Crippen molar-refractivity contribution in [1.82, 2.24) is 15.0 Å². The highest BCUT2D eigenvalue weighted by Gasteiger charge is 2.16. The van der Waals surface area contributed by atoms with E-state index in [-0.39, 0.29) is 5.56 Å². The van der Waals surface area contributed by atoms with Gasteiger partial charge in [0.05, 0.1) is 9.99 Å². The zero-order valence-corrected chi connectivity index (χ0v) is 16.4. The zero-order valence-electron chi connectivity index (χ0n) is 14.9. The highest BCUT2D eigenvalue weighted by Crippen LogP contribution is 2.35. The predicted molar refractivity (Wildman–Crippen MR) is 113 cm³/mol. The Kier molecular flexibility index (Phi) is 3.87. The van der Waals surface area contributed by atoms with Gasteiger partial charge in [0, 0.05) is 22.5 Å². The predicted octanol–water partition coefficient (Wildman–Crippen LogP) is 5.47. The maximum Gasteiger partial charge on any atom is 0.263 e. The molecule has 0 aliphatic heterocycles. The molecule has 0 atom stereocenters. The standard InChI is InChI=1S/C22H14BrN3O2/c1-12-4-7-19(28-12)20-16(10-15-11-17(23)22(27)26-21(15)25-20)13-5-6-18-14(9-13)3-2-8-24-18/h2-11H,1H3,(H,25,26,27). The van der Waals surface area contributed by atoms with Crippen LogP contribution < -0.4 is 5.56 Å². The Bertz CT molecular complexity index is 1420. The number of nitrogens with one attached hydrogen (secondary N) is 1. The van der Waals surface area contributed by atoms with Gasteiger partial charge in [-0.3, -0.25) is 9.78 Å². The fourth-order valence-electron chi connectivity index (χ4n) is 3.32. The SMILES string of the molecule is Cc1ccc(-c2nc3[nH]c(=O)c(Br)cc3cc2-c2ccc3ncccc3c2)o1. The molecular formula is C22H14BrN3O2. The first-order chi connectivity index (χ1) is 13.6. The van der Waals surface area contributed by atoms with Crippen LogP contribution in [0.4, 0.5) is 0 Å². The van der Waals surface area contributed by atoms with Gasteiger partial charge in [0.1, 0.15) is 17.1 Å². The number of furan rings is 1. The van der Waals surface area contributed by atoms with Gasteiger partial charge in [0.2, 0.25) is 0 Å². The topological polar surface area (TPSA) is 71.8 Å². The lowest BCUT2D eigenvalue weighted by atomic mass is 9.99. The lowest BCUT2D eigenvalue weighted by Gasteiger charge is -2.10. The number of pyridine rings is 3. The third-order valence-corrected chi connectivity index (χ3v) is 5.26. The number of benzene rings is 1. The normalized spacial score (nSPS) is 11.4. The monoisotopic (exact) mass is 431 g/mol. The summed E-state index contributed by atoms with van der Waals surface area (Å²) in [5.74, 6) is 1.46. The van der Waals surface area contributed by atoms with E-state index in [4.69, 9.17) is 9.40 Å². The summed E-state index contributed by atoms with van der Waals surface area (Å²) in [6, 6.07) is 17.7. The molecule has 0 fully saturated rings. The van der Waals surface area contributed by atoms with E-state index in [2.05, 4.69) is 32.0 Å². The van der Waals surface area contributed by atoms with Crippen molar-refractivity contribution >= 4 is 37.9 Å². The second-order valence-corrected chi connectivity index (χ2v) is 7.44. The molecule has 0 aliphatic rings. The number of hydrogen-bond acceptors (Lipinski definition) is 4. The lowest BCUT2D eigenvalue weighted by Crippen LogP contribution is -2.07. The van der Waals surface area contributed by atoms with E-state index in [0.29, 0.717) is 21.6 Å². The molecule has 0 aliphatic carbocycles. The summed E-state index contributed by atoms with van der Waals surface area (Å²) in [7, 11) is 0. The maximum absolute atomic E-state index is 12.0. The summed E-state index contributed by atoms with van der Waals surface area (Å²) in [6.45, 7) is 1.89. The minimum Gasteiger partial charge on any atom is -0.460 e. The zero-order chi connectivity index (χ0) is 19.3. The first kappa shape index (κ1) is 16.9. The molecule has 0 radical (unpaired) electrons. The van der Waals surface area contributed by atoms with Gasteiger partial charge in [0.25, 0.3) is 5.56 Å². The number of aromatic nitrogens is 3. The van der Waals surface area contributed by atoms with Crippen LogP contribution in [0.25, 0.3) is 44.5 Å². The van der Waals surface area contributed by atoms with Gasteiger partial charge >= 0.3 is 0 Å². The minimum atomic E-state index is -0.217. The van der Waals surface area contributed by atoms with E-state index in [1.54, 1.807) is 12.3 Å². The summed E-state index contributed by atoms with van der Waals surface area (Å²) < 4.78 is 6.32. The highest BCUT2D eigenvalue weighted by atomic mass is 79.9. The van der Waals surface area contributed by atoms with Crippen molar-refractivity contribution in [3.63, 3.8) is 0 Å². The number of rotatable bonds is 2. The Balaban J connectivity index is 1.83. The fourth-order valence-corrected chi connectivity index (χ4v) is 3.67. The van der Waals surface area contributed by atoms with Crippen LogP contribution in [0.15, 0.2) is 74.5 Å². The largest absolute Gasteiger partial charge is 0.460 e. The molecule has 0 unspecified atom stereocenters. The highest BCUT2D eigenvalue weighted by molar-refractivity contribution is 9.10. The molecule has 136 valence electrons. The van der Waals surface area contributed by atoms with Crippen molar-refractivity contribution < 1.29 is 4.42 Å². The molecule has 5 aromatic rings. The number of fused-ring (bicyclic) bond motifs is 2. The third-order valence-electron chi connectivity index (χ3n) is 4.67. The summed E-state index contributed by atoms with van der Waals surface area (Å²) >= 11 is 3.30. The first-order valence-corrected chi connectivity index (χ1v) is 9.53. The van der Waals surface area contributed by atoms with Gasteiger partial charge in [-0.15, -0.1) is 0 Å². The summed E-state index contributed by atoms with van der Waals surface area (Å²) in [5, 5.41) is 1.88. The van der Waals surface area contributed by atoms with Crippen LogP contribution in [-0.2, 0) is 0 Å². The molecule has 6 heteroatoms. The van der Waals surface area contributed by atoms with Crippen LogP contribution >= 0.6 is 15.9 Å². The van der Waals surface area contributed by atoms with Crippen molar-refractivity contribution in [2.75, 3.05) is 0 Å². The minimum absolute atomic E-state index is 0.217. The van der Waals surface area contributed by atoms with E-state index in [1.165, 1.54) is 0 Å². The summed E-state index contributed by atoms with van der Waals surface area (Å²) in [5.41, 5.74) is 3.84. The van der Waals surface area contributed by atoms with Crippen molar-refractivity contribution in [3.05, 3.63) is 81.4 Å². The van der Waals surface area contributed by atoms with Crippen molar-refractivity contribution in [2.24, 2.45) is 0 Å². The smallest absolute Gasteiger partial charge is 0.263 e. The molecule has 28 heavy (non-hydrogen) atoms. The molecule has 1 N–H and O–H groups in total. The van der Waals surface area contributed by atoms with Crippen molar-refractivity contribution in [1.29, 1.82) is 0 Å². The number of aryl methyl sites for hydroxylation is 1. The van der Waals surface area contributed by atoms with Gasteiger partial charge in [-0.2, -0.15) is 0 Å².